The van der Waals surface area contributed by atoms with Crippen molar-refractivity contribution in [1.29, 1.82) is 0 Å². The van der Waals surface area contributed by atoms with Crippen molar-refractivity contribution in [3.63, 3.8) is 0 Å². The fourth-order valence-electron chi connectivity index (χ4n) is 2.46. The van der Waals surface area contributed by atoms with E-state index in [1.54, 1.807) is 6.20 Å². The molecule has 1 fully saturated rings. The fourth-order valence-corrected chi connectivity index (χ4v) is 2.46. The summed E-state index contributed by atoms with van der Waals surface area (Å²) in [5, 5.41) is 3.44. The first kappa shape index (κ1) is 11.3. The monoisotopic (exact) mass is 220 g/mol. The van der Waals surface area contributed by atoms with Crippen LogP contribution in [-0.4, -0.2) is 22.6 Å². The Morgan fingerprint density at radius 3 is 2.88 bits per heavy atom. The Balaban J connectivity index is 2.00. The van der Waals surface area contributed by atoms with Gasteiger partial charge in [0.2, 0.25) is 0 Å². The Labute approximate surface area is 96.7 Å². The van der Waals surface area contributed by atoms with Crippen molar-refractivity contribution >= 4 is 5.82 Å². The highest BCUT2D eigenvalue weighted by Crippen LogP contribution is 2.28. The minimum atomic E-state index is 0.358. The minimum absolute atomic E-state index is 0.358. The number of nitrogens with two attached hydrogens (primary N) is 1. The maximum atomic E-state index is 5.83. The first-order valence-corrected chi connectivity index (χ1v) is 6.06. The number of hydrogen-bond acceptors (Lipinski definition) is 4. The average molecular weight is 220 g/mol. The van der Waals surface area contributed by atoms with Crippen LogP contribution in [0.5, 0.6) is 0 Å². The normalized spacial score (nSPS) is 18.6. The van der Waals surface area contributed by atoms with Crippen LogP contribution in [0.3, 0.4) is 0 Å². The summed E-state index contributed by atoms with van der Waals surface area (Å²) in [5.41, 5.74) is 5.83. The third kappa shape index (κ3) is 2.70. The predicted octanol–water partition coefficient (Wildman–Crippen LogP) is 1.71. The van der Waals surface area contributed by atoms with Crippen molar-refractivity contribution in [2.75, 3.05) is 11.9 Å². The lowest BCUT2D eigenvalue weighted by molar-refractivity contribution is 0.461. The summed E-state index contributed by atoms with van der Waals surface area (Å²) in [6.07, 6.45) is 7.04. The summed E-state index contributed by atoms with van der Waals surface area (Å²) in [6.45, 7) is 2.58. The molecule has 0 amide bonds. The first-order valence-electron chi connectivity index (χ1n) is 6.06. The van der Waals surface area contributed by atoms with Gasteiger partial charge in [0.1, 0.15) is 11.6 Å². The van der Waals surface area contributed by atoms with E-state index in [1.807, 2.05) is 13.0 Å². The van der Waals surface area contributed by atoms with E-state index < -0.39 is 0 Å². The van der Waals surface area contributed by atoms with Crippen LogP contribution in [0.25, 0.3) is 0 Å². The second kappa shape index (κ2) is 5.25. The van der Waals surface area contributed by atoms with Gasteiger partial charge in [-0.25, -0.2) is 9.97 Å². The number of aryl methyl sites for hydroxylation is 1. The van der Waals surface area contributed by atoms with Crippen molar-refractivity contribution in [3.8, 4) is 0 Å². The fraction of sp³-hybridized carbons (Fsp3) is 0.667. The van der Waals surface area contributed by atoms with Gasteiger partial charge < -0.3 is 11.1 Å². The third-order valence-corrected chi connectivity index (χ3v) is 3.33. The van der Waals surface area contributed by atoms with Crippen molar-refractivity contribution in [2.45, 2.75) is 38.6 Å². The molecule has 4 heteroatoms. The lowest BCUT2D eigenvalue weighted by atomic mass is 9.98. The highest BCUT2D eigenvalue weighted by Gasteiger charge is 2.23. The molecule has 88 valence electrons. The summed E-state index contributed by atoms with van der Waals surface area (Å²) in [5.74, 6) is 2.40. The molecule has 0 bridgehead atoms. The predicted molar refractivity (Wildman–Crippen MR) is 65.2 cm³/mol. The van der Waals surface area contributed by atoms with Gasteiger partial charge in [-0.05, 0) is 31.7 Å². The molecule has 0 spiro atoms. The summed E-state index contributed by atoms with van der Waals surface area (Å²) < 4.78 is 0. The largest absolute Gasteiger partial charge is 0.366 e. The zero-order valence-corrected chi connectivity index (χ0v) is 9.82. The minimum Gasteiger partial charge on any atom is -0.366 e. The smallest absolute Gasteiger partial charge is 0.129 e. The van der Waals surface area contributed by atoms with Crippen molar-refractivity contribution in [1.82, 2.24) is 9.97 Å². The molecule has 16 heavy (non-hydrogen) atoms. The van der Waals surface area contributed by atoms with Gasteiger partial charge >= 0.3 is 0 Å². The van der Waals surface area contributed by atoms with Crippen LogP contribution in [0.15, 0.2) is 12.3 Å². The van der Waals surface area contributed by atoms with Crippen LogP contribution in [0.2, 0.25) is 0 Å². The van der Waals surface area contributed by atoms with Crippen molar-refractivity contribution < 1.29 is 0 Å². The van der Waals surface area contributed by atoms with Gasteiger partial charge in [-0.1, -0.05) is 12.8 Å². The number of rotatable bonds is 4. The van der Waals surface area contributed by atoms with Gasteiger partial charge in [-0.2, -0.15) is 0 Å². The number of nitrogens with one attached hydrogen (secondary N) is 1. The Morgan fingerprint density at radius 2 is 2.25 bits per heavy atom. The molecule has 1 aliphatic rings. The SMILES string of the molecule is Cc1nccc(NC(CN)C2CCCC2)n1. The van der Waals surface area contributed by atoms with E-state index in [0.29, 0.717) is 18.5 Å². The molecule has 1 heterocycles. The van der Waals surface area contributed by atoms with Gasteiger partial charge in [0, 0.05) is 18.8 Å². The van der Waals surface area contributed by atoms with Crippen LogP contribution in [-0.2, 0) is 0 Å². The van der Waals surface area contributed by atoms with E-state index in [2.05, 4.69) is 15.3 Å². The lowest BCUT2D eigenvalue weighted by Crippen LogP contribution is -2.35. The molecule has 4 nitrogen and oxygen atoms in total. The highest BCUT2D eigenvalue weighted by molar-refractivity contribution is 5.34. The second-order valence-corrected chi connectivity index (χ2v) is 4.52. The van der Waals surface area contributed by atoms with E-state index in [4.69, 9.17) is 5.73 Å². The lowest BCUT2D eigenvalue weighted by Gasteiger charge is -2.23. The number of aromatic nitrogens is 2. The van der Waals surface area contributed by atoms with E-state index in [1.165, 1.54) is 25.7 Å². The molecule has 1 atom stereocenters. The molecular formula is C12H20N4. The third-order valence-electron chi connectivity index (χ3n) is 3.33. The summed E-state index contributed by atoms with van der Waals surface area (Å²) in [7, 11) is 0. The van der Waals surface area contributed by atoms with Crippen LogP contribution in [0.4, 0.5) is 5.82 Å². The molecule has 3 N–H and O–H groups in total. The quantitative estimate of drug-likeness (QED) is 0.811. The zero-order chi connectivity index (χ0) is 11.4. The Morgan fingerprint density at radius 1 is 1.50 bits per heavy atom. The van der Waals surface area contributed by atoms with Crippen molar-refractivity contribution in [3.05, 3.63) is 18.1 Å². The molecule has 1 saturated carbocycles. The molecular weight excluding hydrogens is 200 g/mol. The summed E-state index contributed by atoms with van der Waals surface area (Å²) >= 11 is 0. The van der Waals surface area contributed by atoms with Gasteiger partial charge in [-0.3, -0.25) is 0 Å². The van der Waals surface area contributed by atoms with Crippen molar-refractivity contribution in [2.24, 2.45) is 11.7 Å². The number of anilines is 1. The van der Waals surface area contributed by atoms with E-state index in [9.17, 15) is 0 Å². The van der Waals surface area contributed by atoms with Gasteiger partial charge in [0.15, 0.2) is 0 Å². The van der Waals surface area contributed by atoms with Gasteiger partial charge in [0.25, 0.3) is 0 Å². The second-order valence-electron chi connectivity index (χ2n) is 4.52. The standard InChI is InChI=1S/C12H20N4/c1-9-14-7-6-12(15-9)16-11(8-13)10-4-2-3-5-10/h6-7,10-11H,2-5,8,13H2,1H3,(H,14,15,16). The Hall–Kier alpha value is -1.16. The van der Waals surface area contributed by atoms with Crippen LogP contribution in [0.1, 0.15) is 31.5 Å². The number of hydrogen-bond donors (Lipinski definition) is 2. The van der Waals surface area contributed by atoms with Crippen LogP contribution < -0.4 is 11.1 Å². The maximum absolute atomic E-state index is 5.83. The molecule has 1 unspecified atom stereocenters. The highest BCUT2D eigenvalue weighted by atomic mass is 15.1. The Bertz CT molecular complexity index is 334. The first-order chi connectivity index (χ1) is 7.79. The molecule has 1 aliphatic carbocycles. The summed E-state index contributed by atoms with van der Waals surface area (Å²) in [6, 6.07) is 2.27. The van der Waals surface area contributed by atoms with Crippen LogP contribution in [0, 0.1) is 12.8 Å². The topological polar surface area (TPSA) is 63.8 Å². The zero-order valence-electron chi connectivity index (χ0n) is 9.82. The molecule has 0 aromatic carbocycles. The molecule has 1 aromatic heterocycles. The molecule has 2 rings (SSSR count). The van der Waals surface area contributed by atoms with Gasteiger partial charge in [0.05, 0.1) is 0 Å². The molecule has 1 aromatic rings. The van der Waals surface area contributed by atoms with Gasteiger partial charge in [-0.15, -0.1) is 0 Å². The van der Waals surface area contributed by atoms with E-state index in [-0.39, 0.29) is 0 Å². The summed E-state index contributed by atoms with van der Waals surface area (Å²) in [4.78, 5) is 8.44. The Kier molecular flexibility index (Phi) is 3.72. The van der Waals surface area contributed by atoms with E-state index >= 15 is 0 Å². The molecule has 0 aliphatic heterocycles. The molecule has 0 saturated heterocycles. The van der Waals surface area contributed by atoms with E-state index in [0.717, 1.165) is 11.6 Å². The average Bonchev–Trinajstić information content (AvgIpc) is 2.79. The number of nitrogens with zero attached hydrogens (tertiary/aromatic N) is 2. The molecule has 0 radical (unpaired) electrons. The van der Waals surface area contributed by atoms with Crippen LogP contribution >= 0.6 is 0 Å². The maximum Gasteiger partial charge on any atom is 0.129 e.